The van der Waals surface area contributed by atoms with E-state index < -0.39 is 22.9 Å². The van der Waals surface area contributed by atoms with Crippen molar-refractivity contribution in [3.63, 3.8) is 0 Å². The van der Waals surface area contributed by atoms with E-state index in [1.165, 1.54) is 25.5 Å². The van der Waals surface area contributed by atoms with Gasteiger partial charge in [0.15, 0.2) is 6.10 Å². The molecule has 0 aliphatic heterocycles. The van der Waals surface area contributed by atoms with Crippen molar-refractivity contribution in [2.75, 3.05) is 5.32 Å². The summed E-state index contributed by atoms with van der Waals surface area (Å²) in [6, 6.07) is 7.19. The predicted octanol–water partition coefficient (Wildman–Crippen LogP) is 2.29. The normalized spacial score (nSPS) is 11.7. The fourth-order valence-corrected chi connectivity index (χ4v) is 2.40. The lowest BCUT2D eigenvalue weighted by Gasteiger charge is -2.14. The smallest absolute Gasteiger partial charge is 0.328 e. The molecule has 0 radical (unpaired) electrons. The Bertz CT molecular complexity index is 842. The van der Waals surface area contributed by atoms with Crippen LogP contribution in [0.2, 0.25) is 0 Å². The molecule has 0 spiro atoms. The Balaban J connectivity index is 1.96. The Morgan fingerprint density at radius 1 is 1.27 bits per heavy atom. The van der Waals surface area contributed by atoms with Gasteiger partial charge in [0, 0.05) is 5.69 Å². The van der Waals surface area contributed by atoms with Crippen molar-refractivity contribution in [1.82, 2.24) is 9.78 Å². The quantitative estimate of drug-likeness (QED) is 0.480. The number of aromatic nitrogens is 2. The molecule has 26 heavy (non-hydrogen) atoms. The molecule has 0 bridgehead atoms. The number of nitrogens with one attached hydrogen (secondary N) is 1. The fourth-order valence-electron chi connectivity index (χ4n) is 2.40. The van der Waals surface area contributed by atoms with Crippen LogP contribution in [0.1, 0.15) is 23.9 Å². The maximum Gasteiger partial charge on any atom is 0.328 e. The standard InChI is InChI=1S/C17H20N4O5/c1-10-5-7-14(8-6-10)18-17(23)13(4)26-15(22)9-20-12(3)16(21(24)25)11(2)19-20/h5-8,13H,9H2,1-4H3,(H,18,23)/t13-/m0/s1. The largest absolute Gasteiger partial charge is 0.451 e. The van der Waals surface area contributed by atoms with Crippen LogP contribution >= 0.6 is 0 Å². The number of ether oxygens (including phenoxy) is 1. The molecule has 0 aliphatic carbocycles. The number of benzene rings is 1. The third-order valence-corrected chi connectivity index (χ3v) is 3.80. The number of rotatable bonds is 6. The van der Waals surface area contributed by atoms with E-state index in [0.29, 0.717) is 5.69 Å². The van der Waals surface area contributed by atoms with Crippen LogP contribution in [0.5, 0.6) is 0 Å². The van der Waals surface area contributed by atoms with Crippen molar-refractivity contribution in [3.8, 4) is 0 Å². The van der Waals surface area contributed by atoms with Gasteiger partial charge in [-0.05, 0) is 39.8 Å². The van der Waals surface area contributed by atoms with Crippen LogP contribution in [0, 0.1) is 30.9 Å². The summed E-state index contributed by atoms with van der Waals surface area (Å²) in [5, 5.41) is 17.6. The highest BCUT2D eigenvalue weighted by atomic mass is 16.6. The van der Waals surface area contributed by atoms with Crippen LogP contribution in [-0.4, -0.2) is 32.7 Å². The van der Waals surface area contributed by atoms with Crippen molar-refractivity contribution < 1.29 is 19.2 Å². The number of hydrogen-bond acceptors (Lipinski definition) is 6. The summed E-state index contributed by atoms with van der Waals surface area (Å²) in [5.41, 5.74) is 1.98. The van der Waals surface area contributed by atoms with E-state index in [1.807, 2.05) is 19.1 Å². The van der Waals surface area contributed by atoms with E-state index in [-0.39, 0.29) is 23.6 Å². The molecule has 1 amide bonds. The second-order valence-corrected chi connectivity index (χ2v) is 5.92. The van der Waals surface area contributed by atoms with Gasteiger partial charge in [-0.2, -0.15) is 5.10 Å². The molecule has 2 aromatic rings. The topological polar surface area (TPSA) is 116 Å². The first-order valence-corrected chi connectivity index (χ1v) is 7.94. The van der Waals surface area contributed by atoms with Gasteiger partial charge in [0.25, 0.3) is 5.91 Å². The highest BCUT2D eigenvalue weighted by Crippen LogP contribution is 2.21. The second kappa shape index (κ2) is 7.77. The molecule has 1 N–H and O–H groups in total. The number of aryl methyl sites for hydroxylation is 2. The summed E-state index contributed by atoms with van der Waals surface area (Å²) >= 11 is 0. The van der Waals surface area contributed by atoms with Gasteiger partial charge in [0.2, 0.25) is 0 Å². The Morgan fingerprint density at radius 3 is 2.42 bits per heavy atom. The van der Waals surface area contributed by atoms with Gasteiger partial charge >= 0.3 is 11.7 Å². The summed E-state index contributed by atoms with van der Waals surface area (Å²) in [7, 11) is 0. The van der Waals surface area contributed by atoms with Crippen molar-refractivity contribution in [2.24, 2.45) is 0 Å². The maximum absolute atomic E-state index is 12.1. The highest BCUT2D eigenvalue weighted by Gasteiger charge is 2.24. The molecule has 0 saturated carbocycles. The zero-order valence-electron chi connectivity index (χ0n) is 15.0. The van der Waals surface area contributed by atoms with Crippen molar-refractivity contribution in [2.45, 2.75) is 40.3 Å². The monoisotopic (exact) mass is 360 g/mol. The van der Waals surface area contributed by atoms with Gasteiger partial charge in [0.05, 0.1) is 4.92 Å². The lowest BCUT2D eigenvalue weighted by atomic mass is 10.2. The van der Waals surface area contributed by atoms with E-state index >= 15 is 0 Å². The zero-order chi connectivity index (χ0) is 19.4. The number of nitrogens with zero attached hydrogens (tertiary/aromatic N) is 3. The predicted molar refractivity (Wildman–Crippen MR) is 93.7 cm³/mol. The SMILES string of the molecule is Cc1ccc(NC(=O)[C@H](C)OC(=O)Cn2nc(C)c([N+](=O)[O-])c2C)cc1. The van der Waals surface area contributed by atoms with E-state index in [9.17, 15) is 19.7 Å². The molecule has 1 atom stereocenters. The molecule has 0 fully saturated rings. The zero-order valence-corrected chi connectivity index (χ0v) is 15.0. The number of hydrogen-bond donors (Lipinski definition) is 1. The van der Waals surface area contributed by atoms with Crippen molar-refractivity contribution in [3.05, 3.63) is 51.3 Å². The Labute approximate surface area is 150 Å². The fraction of sp³-hybridized carbons (Fsp3) is 0.353. The third-order valence-electron chi connectivity index (χ3n) is 3.80. The molecule has 9 heteroatoms. The average molecular weight is 360 g/mol. The van der Waals surface area contributed by atoms with Crippen molar-refractivity contribution in [1.29, 1.82) is 0 Å². The molecule has 138 valence electrons. The minimum Gasteiger partial charge on any atom is -0.451 e. The molecule has 1 aromatic carbocycles. The summed E-state index contributed by atoms with van der Waals surface area (Å²) in [6.07, 6.45) is -1.02. The number of carbonyl (C=O) groups excluding carboxylic acids is 2. The summed E-state index contributed by atoms with van der Waals surface area (Å²) < 4.78 is 6.29. The molecule has 0 aliphatic rings. The van der Waals surface area contributed by atoms with Crippen LogP contribution < -0.4 is 5.32 Å². The van der Waals surface area contributed by atoms with Crippen LogP contribution in [0.15, 0.2) is 24.3 Å². The lowest BCUT2D eigenvalue weighted by Crippen LogP contribution is -2.31. The number of nitro groups is 1. The molecular weight excluding hydrogens is 340 g/mol. The second-order valence-electron chi connectivity index (χ2n) is 5.92. The van der Waals surface area contributed by atoms with E-state index in [0.717, 1.165) is 5.56 Å². The molecule has 1 heterocycles. The molecule has 0 saturated heterocycles. The van der Waals surface area contributed by atoms with Gasteiger partial charge in [-0.25, -0.2) is 0 Å². The summed E-state index contributed by atoms with van der Waals surface area (Å²) in [5.74, 6) is -1.18. The van der Waals surface area contributed by atoms with Crippen LogP contribution in [0.25, 0.3) is 0 Å². The molecule has 0 unspecified atom stereocenters. The van der Waals surface area contributed by atoms with Crippen LogP contribution in [0.3, 0.4) is 0 Å². The first-order valence-electron chi connectivity index (χ1n) is 7.94. The Kier molecular flexibility index (Phi) is 5.71. The Hall–Kier alpha value is -3.23. The van der Waals surface area contributed by atoms with E-state index in [4.69, 9.17) is 4.74 Å². The molecule has 1 aromatic heterocycles. The first-order chi connectivity index (χ1) is 12.2. The number of esters is 1. The van der Waals surface area contributed by atoms with E-state index in [1.54, 1.807) is 12.1 Å². The minimum absolute atomic E-state index is 0.136. The molecule has 9 nitrogen and oxygen atoms in total. The lowest BCUT2D eigenvalue weighted by molar-refractivity contribution is -0.386. The minimum atomic E-state index is -1.02. The number of amides is 1. The number of anilines is 1. The Morgan fingerprint density at radius 2 is 1.88 bits per heavy atom. The average Bonchev–Trinajstić information content (AvgIpc) is 2.83. The third kappa shape index (κ3) is 4.44. The van der Waals surface area contributed by atoms with E-state index in [2.05, 4.69) is 10.4 Å². The summed E-state index contributed by atoms with van der Waals surface area (Å²) in [4.78, 5) is 34.6. The number of carbonyl (C=O) groups is 2. The van der Waals surface area contributed by atoms with Crippen LogP contribution in [0.4, 0.5) is 11.4 Å². The first kappa shape index (κ1) is 19.1. The van der Waals surface area contributed by atoms with Gasteiger partial charge in [-0.3, -0.25) is 24.4 Å². The van der Waals surface area contributed by atoms with Gasteiger partial charge in [0.1, 0.15) is 17.9 Å². The van der Waals surface area contributed by atoms with Gasteiger partial charge in [-0.1, -0.05) is 17.7 Å². The molecule has 2 rings (SSSR count). The van der Waals surface area contributed by atoms with Crippen molar-refractivity contribution >= 4 is 23.3 Å². The highest BCUT2D eigenvalue weighted by molar-refractivity contribution is 5.95. The maximum atomic E-state index is 12.1. The summed E-state index contributed by atoms with van der Waals surface area (Å²) in [6.45, 7) is 6.05. The molecular formula is C17H20N4O5. The van der Waals surface area contributed by atoms with Crippen LogP contribution in [-0.2, 0) is 20.9 Å². The van der Waals surface area contributed by atoms with Gasteiger partial charge < -0.3 is 10.1 Å². The van der Waals surface area contributed by atoms with Gasteiger partial charge in [-0.15, -0.1) is 0 Å².